The van der Waals surface area contributed by atoms with Crippen molar-refractivity contribution in [2.24, 2.45) is 0 Å². The van der Waals surface area contributed by atoms with E-state index < -0.39 is 17.7 Å². The first-order valence-corrected chi connectivity index (χ1v) is 12.1. The van der Waals surface area contributed by atoms with Crippen LogP contribution in [0.25, 0.3) is 0 Å². The maximum atomic E-state index is 13.3. The fourth-order valence-electron chi connectivity index (χ4n) is 3.23. The predicted molar refractivity (Wildman–Crippen MR) is 130 cm³/mol. The van der Waals surface area contributed by atoms with Gasteiger partial charge in [-0.1, -0.05) is 25.5 Å². The van der Waals surface area contributed by atoms with Crippen LogP contribution in [0.5, 0.6) is 0 Å². The molecule has 3 amide bonds. The van der Waals surface area contributed by atoms with Gasteiger partial charge in [0.1, 0.15) is 11.6 Å². The van der Waals surface area contributed by atoms with Crippen LogP contribution in [-0.4, -0.2) is 72.3 Å². The van der Waals surface area contributed by atoms with Crippen LogP contribution in [0.1, 0.15) is 46.1 Å². The van der Waals surface area contributed by atoms with E-state index in [9.17, 15) is 14.4 Å². The highest BCUT2D eigenvalue weighted by molar-refractivity contribution is 14.1. The third kappa shape index (κ3) is 8.84. The van der Waals surface area contributed by atoms with E-state index in [2.05, 4.69) is 27.9 Å². The third-order valence-corrected chi connectivity index (χ3v) is 5.63. The number of unbranched alkanes of at least 4 members (excludes halogenated alkanes) is 1. The Hall–Kier alpha value is -2.04. The molecule has 0 radical (unpaired) electrons. The van der Waals surface area contributed by atoms with Crippen LogP contribution < -0.4 is 5.32 Å². The standard InChI is InChI=1S/C23H34IN3O5/c1-5-6-15-31-22(30)27-13-11-26(12-14-27)20(28)19(25-21(29)32-23(2,3)4)16-17-7-9-18(24)10-8-17/h7-10,19H,5-6,11-16H2,1-4H3,(H,25,29)/t19-/m0/s1. The van der Waals surface area contributed by atoms with Gasteiger partial charge in [-0.15, -0.1) is 0 Å². The molecule has 32 heavy (non-hydrogen) atoms. The molecule has 2 rings (SSSR count). The first-order valence-electron chi connectivity index (χ1n) is 11.0. The van der Waals surface area contributed by atoms with E-state index in [0.29, 0.717) is 39.2 Å². The second-order valence-corrected chi connectivity index (χ2v) is 10.1. The fourth-order valence-corrected chi connectivity index (χ4v) is 3.59. The van der Waals surface area contributed by atoms with E-state index in [4.69, 9.17) is 9.47 Å². The number of benzene rings is 1. The lowest BCUT2D eigenvalue weighted by molar-refractivity contribution is -0.135. The summed E-state index contributed by atoms with van der Waals surface area (Å²) < 4.78 is 11.7. The number of nitrogens with zero attached hydrogens (tertiary/aromatic N) is 2. The number of carbonyl (C=O) groups is 3. The quantitative estimate of drug-likeness (QED) is 0.406. The zero-order valence-electron chi connectivity index (χ0n) is 19.4. The van der Waals surface area contributed by atoms with Gasteiger partial charge in [-0.25, -0.2) is 9.59 Å². The molecule has 1 heterocycles. The summed E-state index contributed by atoms with van der Waals surface area (Å²) in [5.41, 5.74) is 0.280. The number of amides is 3. The van der Waals surface area contributed by atoms with Crippen LogP contribution in [-0.2, 0) is 20.7 Å². The van der Waals surface area contributed by atoms with Crippen LogP contribution in [0.3, 0.4) is 0 Å². The molecule has 1 aliphatic heterocycles. The monoisotopic (exact) mass is 559 g/mol. The molecule has 1 N–H and O–H groups in total. The van der Waals surface area contributed by atoms with Crippen molar-refractivity contribution in [1.82, 2.24) is 15.1 Å². The van der Waals surface area contributed by atoms with Crippen LogP contribution in [0.2, 0.25) is 0 Å². The topological polar surface area (TPSA) is 88.2 Å². The number of nitrogens with one attached hydrogen (secondary N) is 1. The molecule has 1 fully saturated rings. The van der Waals surface area contributed by atoms with Gasteiger partial charge in [-0.3, -0.25) is 4.79 Å². The molecular weight excluding hydrogens is 525 g/mol. The SMILES string of the molecule is CCCCOC(=O)N1CCN(C(=O)[C@H](Cc2ccc(I)cc2)NC(=O)OC(C)(C)C)CC1. The van der Waals surface area contributed by atoms with E-state index in [1.165, 1.54) is 0 Å². The molecular formula is C23H34IN3O5. The molecule has 0 bridgehead atoms. The smallest absolute Gasteiger partial charge is 0.409 e. The van der Waals surface area contributed by atoms with Crippen molar-refractivity contribution in [2.75, 3.05) is 32.8 Å². The average molecular weight is 559 g/mol. The zero-order chi connectivity index (χ0) is 23.7. The Morgan fingerprint density at radius 2 is 1.66 bits per heavy atom. The van der Waals surface area contributed by atoms with Gasteiger partial charge < -0.3 is 24.6 Å². The van der Waals surface area contributed by atoms with Crippen molar-refractivity contribution < 1.29 is 23.9 Å². The van der Waals surface area contributed by atoms with Crippen molar-refractivity contribution in [2.45, 2.75) is 58.6 Å². The average Bonchev–Trinajstić information content (AvgIpc) is 2.73. The molecule has 0 unspecified atom stereocenters. The number of alkyl carbamates (subject to hydrolysis) is 1. The maximum absolute atomic E-state index is 13.3. The van der Waals surface area contributed by atoms with Crippen LogP contribution in [0.15, 0.2) is 24.3 Å². The third-order valence-electron chi connectivity index (χ3n) is 4.92. The molecule has 1 atom stereocenters. The van der Waals surface area contributed by atoms with Gasteiger partial charge in [0.2, 0.25) is 5.91 Å². The number of carbonyl (C=O) groups excluding carboxylic acids is 3. The second kappa shape index (κ2) is 12.3. The minimum absolute atomic E-state index is 0.187. The Balaban J connectivity index is 2.01. The second-order valence-electron chi connectivity index (χ2n) is 8.81. The van der Waals surface area contributed by atoms with Gasteiger partial charge >= 0.3 is 12.2 Å². The molecule has 0 saturated carbocycles. The van der Waals surface area contributed by atoms with E-state index in [1.54, 1.807) is 30.6 Å². The van der Waals surface area contributed by atoms with E-state index in [0.717, 1.165) is 22.0 Å². The minimum atomic E-state index is -0.757. The highest BCUT2D eigenvalue weighted by atomic mass is 127. The largest absolute Gasteiger partial charge is 0.449 e. The molecule has 0 aliphatic carbocycles. The summed E-state index contributed by atoms with van der Waals surface area (Å²) in [4.78, 5) is 41.1. The van der Waals surface area contributed by atoms with Gasteiger partial charge in [-0.05, 0) is 67.5 Å². The van der Waals surface area contributed by atoms with Gasteiger partial charge in [0, 0.05) is 36.2 Å². The number of rotatable bonds is 7. The summed E-state index contributed by atoms with van der Waals surface area (Å²) in [5.74, 6) is -0.187. The summed E-state index contributed by atoms with van der Waals surface area (Å²) >= 11 is 2.22. The van der Waals surface area contributed by atoms with E-state index in [-0.39, 0.29) is 12.0 Å². The van der Waals surface area contributed by atoms with Crippen molar-refractivity contribution in [3.05, 3.63) is 33.4 Å². The number of hydrogen-bond acceptors (Lipinski definition) is 5. The first-order chi connectivity index (χ1) is 15.1. The molecule has 8 nitrogen and oxygen atoms in total. The highest BCUT2D eigenvalue weighted by Crippen LogP contribution is 2.14. The highest BCUT2D eigenvalue weighted by Gasteiger charge is 2.31. The summed E-state index contributed by atoms with van der Waals surface area (Å²) in [6, 6.07) is 7.07. The fraction of sp³-hybridized carbons (Fsp3) is 0.609. The van der Waals surface area contributed by atoms with Crippen LogP contribution in [0.4, 0.5) is 9.59 Å². The molecule has 9 heteroatoms. The Morgan fingerprint density at radius 3 is 2.22 bits per heavy atom. The summed E-state index contributed by atoms with van der Waals surface area (Å²) in [6.07, 6.45) is 1.18. The van der Waals surface area contributed by atoms with E-state index >= 15 is 0 Å². The number of piperazine rings is 1. The molecule has 1 aliphatic rings. The van der Waals surface area contributed by atoms with Gasteiger partial charge in [0.25, 0.3) is 0 Å². The lowest BCUT2D eigenvalue weighted by Gasteiger charge is -2.36. The van der Waals surface area contributed by atoms with Crippen molar-refractivity contribution in [3.63, 3.8) is 0 Å². The predicted octanol–water partition coefficient (Wildman–Crippen LogP) is 3.81. The van der Waals surface area contributed by atoms with Gasteiger partial charge in [0.05, 0.1) is 6.61 Å². The Kier molecular flexibility index (Phi) is 10.0. The number of hydrogen-bond donors (Lipinski definition) is 1. The Labute approximate surface area is 204 Å². The van der Waals surface area contributed by atoms with E-state index in [1.807, 2.05) is 31.2 Å². The summed E-state index contributed by atoms with van der Waals surface area (Å²) in [5, 5.41) is 2.74. The molecule has 0 aromatic heterocycles. The van der Waals surface area contributed by atoms with Crippen LogP contribution >= 0.6 is 22.6 Å². The first kappa shape index (κ1) is 26.2. The molecule has 1 aromatic rings. The lowest BCUT2D eigenvalue weighted by Crippen LogP contribution is -2.56. The normalized spacial score (nSPS) is 15.2. The van der Waals surface area contributed by atoms with Crippen molar-refractivity contribution >= 4 is 40.7 Å². The van der Waals surface area contributed by atoms with Gasteiger partial charge in [-0.2, -0.15) is 0 Å². The lowest BCUT2D eigenvalue weighted by atomic mass is 10.0. The summed E-state index contributed by atoms with van der Waals surface area (Å²) in [7, 11) is 0. The molecule has 1 aromatic carbocycles. The van der Waals surface area contributed by atoms with Crippen LogP contribution in [0, 0.1) is 3.57 Å². The summed E-state index contributed by atoms with van der Waals surface area (Å²) in [6.45, 7) is 9.37. The minimum Gasteiger partial charge on any atom is -0.449 e. The van der Waals surface area contributed by atoms with Crippen molar-refractivity contribution in [3.8, 4) is 0 Å². The molecule has 178 valence electrons. The zero-order valence-corrected chi connectivity index (χ0v) is 21.5. The van der Waals surface area contributed by atoms with Crippen molar-refractivity contribution in [1.29, 1.82) is 0 Å². The Bertz CT molecular complexity index is 771. The number of ether oxygens (including phenoxy) is 2. The molecule has 0 spiro atoms. The van der Waals surface area contributed by atoms with Gasteiger partial charge in [0.15, 0.2) is 0 Å². The maximum Gasteiger partial charge on any atom is 0.409 e. The molecule has 1 saturated heterocycles. The Morgan fingerprint density at radius 1 is 1.06 bits per heavy atom. The number of halogens is 1.